The molecule has 4 aliphatic rings. The van der Waals surface area contributed by atoms with Crippen molar-refractivity contribution < 1.29 is 14.3 Å². The predicted octanol–water partition coefficient (Wildman–Crippen LogP) is 5.36. The lowest BCUT2D eigenvalue weighted by Gasteiger charge is -2.31. The Morgan fingerprint density at radius 2 is 1.86 bits per heavy atom. The molecule has 2 unspecified atom stereocenters. The number of ether oxygens (including phenoxy) is 1. The second kappa shape index (κ2) is 6.73. The van der Waals surface area contributed by atoms with Crippen molar-refractivity contribution in [1.29, 1.82) is 0 Å². The van der Waals surface area contributed by atoms with Gasteiger partial charge < -0.3 is 10.1 Å². The minimum absolute atomic E-state index is 0.120. The summed E-state index contributed by atoms with van der Waals surface area (Å²) in [6, 6.07) is 9.81. The molecule has 2 atom stereocenters. The van der Waals surface area contributed by atoms with Gasteiger partial charge in [-0.1, -0.05) is 30.3 Å². The Morgan fingerprint density at radius 1 is 1.14 bits per heavy atom. The zero-order chi connectivity index (χ0) is 19.3. The summed E-state index contributed by atoms with van der Waals surface area (Å²) >= 11 is 1.42. The first kappa shape index (κ1) is 17.9. The predicted molar refractivity (Wildman–Crippen MR) is 110 cm³/mol. The van der Waals surface area contributed by atoms with E-state index in [0.717, 1.165) is 35.8 Å². The fraction of sp³-hybridized carbons (Fsp3) is 0.478. The molecule has 4 aliphatic carbocycles. The standard InChI is InChI=1S/C23H25NO3S/c1-2-27-21(25)19-18(16-6-4-3-5-7-16)13-28-20(19)24-22(26)23-11-14-8-15(12-23)10-17(23)9-14/h3-7,13-15,17H,2,8-12H2,1H3,(H,24,26). The number of benzene rings is 1. The first-order valence-electron chi connectivity index (χ1n) is 10.3. The summed E-state index contributed by atoms with van der Waals surface area (Å²) in [6.45, 7) is 2.11. The maximum absolute atomic E-state index is 13.4. The van der Waals surface area contributed by atoms with E-state index in [4.69, 9.17) is 4.74 Å². The van der Waals surface area contributed by atoms with Crippen molar-refractivity contribution in [1.82, 2.24) is 0 Å². The van der Waals surface area contributed by atoms with Gasteiger partial charge in [0.25, 0.3) is 0 Å². The molecule has 4 fully saturated rings. The van der Waals surface area contributed by atoms with Crippen LogP contribution in [0.3, 0.4) is 0 Å². The number of amides is 1. The van der Waals surface area contributed by atoms with Crippen molar-refractivity contribution in [2.24, 2.45) is 23.2 Å². The number of rotatable bonds is 5. The molecular formula is C23H25NO3S. The molecule has 0 radical (unpaired) electrons. The Balaban J connectivity index is 1.48. The molecule has 28 heavy (non-hydrogen) atoms. The third-order valence-corrected chi connectivity index (χ3v) is 7.92. The number of carbonyl (C=O) groups excluding carboxylic acids is 2. The number of anilines is 1. The lowest BCUT2D eigenvalue weighted by molar-refractivity contribution is -0.127. The fourth-order valence-electron chi connectivity index (χ4n) is 6.08. The monoisotopic (exact) mass is 395 g/mol. The second-order valence-corrected chi connectivity index (χ2v) is 9.47. The highest BCUT2D eigenvalue weighted by molar-refractivity contribution is 7.15. The molecule has 5 heteroatoms. The molecule has 1 N–H and O–H groups in total. The van der Waals surface area contributed by atoms with Crippen LogP contribution >= 0.6 is 11.3 Å². The second-order valence-electron chi connectivity index (χ2n) is 8.59. The lowest BCUT2D eigenvalue weighted by atomic mass is 9.75. The van der Waals surface area contributed by atoms with Crippen LogP contribution in [0, 0.1) is 23.2 Å². The van der Waals surface area contributed by atoms with Gasteiger partial charge in [0.2, 0.25) is 5.91 Å². The SMILES string of the molecule is CCOC(=O)c1c(-c2ccccc2)csc1NC(=O)C12CC3CC(CC1C3)C2. The molecule has 4 bridgehead atoms. The Hall–Kier alpha value is -2.14. The Morgan fingerprint density at radius 3 is 2.54 bits per heavy atom. The molecule has 2 aromatic rings. The summed E-state index contributed by atoms with van der Waals surface area (Å²) in [5.41, 5.74) is 2.06. The molecule has 1 heterocycles. The van der Waals surface area contributed by atoms with Crippen molar-refractivity contribution in [2.45, 2.75) is 39.0 Å². The third-order valence-electron chi connectivity index (χ3n) is 7.02. The van der Waals surface area contributed by atoms with E-state index in [1.807, 2.05) is 35.7 Å². The van der Waals surface area contributed by atoms with Crippen molar-refractivity contribution in [3.63, 3.8) is 0 Å². The average Bonchev–Trinajstić information content (AvgIpc) is 3.30. The quantitative estimate of drug-likeness (QED) is 0.694. The van der Waals surface area contributed by atoms with Crippen LogP contribution in [0.25, 0.3) is 11.1 Å². The zero-order valence-corrected chi connectivity index (χ0v) is 16.9. The minimum Gasteiger partial charge on any atom is -0.462 e. The Bertz CT molecular complexity index is 905. The average molecular weight is 396 g/mol. The molecular weight excluding hydrogens is 370 g/mol. The topological polar surface area (TPSA) is 55.4 Å². The number of thiophene rings is 1. The third kappa shape index (κ3) is 2.71. The molecule has 1 amide bonds. The van der Waals surface area contributed by atoms with E-state index in [1.165, 1.54) is 30.6 Å². The molecule has 1 aromatic heterocycles. The van der Waals surface area contributed by atoms with Crippen molar-refractivity contribution in [3.05, 3.63) is 41.3 Å². The Labute approximate surface area is 169 Å². The molecule has 6 rings (SSSR count). The summed E-state index contributed by atoms with van der Waals surface area (Å²) < 4.78 is 5.32. The van der Waals surface area contributed by atoms with Crippen LogP contribution in [-0.2, 0) is 9.53 Å². The van der Waals surface area contributed by atoms with Gasteiger partial charge in [-0.25, -0.2) is 4.79 Å². The first-order valence-corrected chi connectivity index (χ1v) is 11.1. The van der Waals surface area contributed by atoms with Crippen molar-refractivity contribution in [2.75, 3.05) is 11.9 Å². The van der Waals surface area contributed by atoms with Crippen LogP contribution in [-0.4, -0.2) is 18.5 Å². The van der Waals surface area contributed by atoms with E-state index >= 15 is 0 Å². The highest BCUT2D eigenvalue weighted by Gasteiger charge is 2.61. The summed E-state index contributed by atoms with van der Waals surface area (Å²) in [4.78, 5) is 26.1. The zero-order valence-electron chi connectivity index (χ0n) is 16.1. The van der Waals surface area contributed by atoms with E-state index in [-0.39, 0.29) is 17.3 Å². The normalized spacial score (nSPS) is 29.8. The van der Waals surface area contributed by atoms with Crippen LogP contribution in [0.5, 0.6) is 0 Å². The van der Waals surface area contributed by atoms with Crippen LogP contribution in [0.1, 0.15) is 49.4 Å². The molecule has 0 spiro atoms. The van der Waals surface area contributed by atoms with Crippen LogP contribution in [0.15, 0.2) is 35.7 Å². The Kier molecular flexibility index (Phi) is 4.31. The van der Waals surface area contributed by atoms with E-state index in [2.05, 4.69) is 5.32 Å². The van der Waals surface area contributed by atoms with Crippen molar-refractivity contribution in [3.8, 4) is 11.1 Å². The first-order chi connectivity index (χ1) is 13.6. The maximum Gasteiger partial charge on any atom is 0.341 e. The largest absolute Gasteiger partial charge is 0.462 e. The number of hydrogen-bond donors (Lipinski definition) is 1. The van der Waals surface area contributed by atoms with Gasteiger partial charge in [0.1, 0.15) is 10.6 Å². The molecule has 0 aliphatic heterocycles. The van der Waals surface area contributed by atoms with Gasteiger partial charge >= 0.3 is 5.97 Å². The molecule has 146 valence electrons. The van der Waals surface area contributed by atoms with Gasteiger partial charge in [-0.05, 0) is 62.3 Å². The van der Waals surface area contributed by atoms with E-state index < -0.39 is 0 Å². The highest BCUT2D eigenvalue weighted by Crippen LogP contribution is 2.65. The van der Waals surface area contributed by atoms with E-state index in [9.17, 15) is 9.59 Å². The van der Waals surface area contributed by atoms with Gasteiger partial charge in [-0.2, -0.15) is 0 Å². The van der Waals surface area contributed by atoms with Crippen LogP contribution < -0.4 is 5.32 Å². The number of carbonyl (C=O) groups is 2. The fourth-order valence-corrected chi connectivity index (χ4v) is 7.03. The summed E-state index contributed by atoms with van der Waals surface area (Å²) in [6.07, 6.45) is 5.75. The van der Waals surface area contributed by atoms with Gasteiger partial charge in [-0.3, -0.25) is 4.79 Å². The molecule has 4 saturated carbocycles. The van der Waals surface area contributed by atoms with E-state index in [1.54, 1.807) is 6.92 Å². The number of esters is 1. The smallest absolute Gasteiger partial charge is 0.341 e. The van der Waals surface area contributed by atoms with Crippen LogP contribution in [0.2, 0.25) is 0 Å². The van der Waals surface area contributed by atoms with Crippen LogP contribution in [0.4, 0.5) is 5.00 Å². The van der Waals surface area contributed by atoms with Gasteiger partial charge in [0.15, 0.2) is 0 Å². The minimum atomic E-state index is -0.368. The number of hydrogen-bond acceptors (Lipinski definition) is 4. The maximum atomic E-state index is 13.4. The summed E-state index contributed by atoms with van der Waals surface area (Å²) in [7, 11) is 0. The molecule has 1 aromatic carbocycles. The summed E-state index contributed by atoms with van der Waals surface area (Å²) in [5.74, 6) is 1.71. The van der Waals surface area contributed by atoms with E-state index in [0.29, 0.717) is 23.1 Å². The lowest BCUT2D eigenvalue weighted by Crippen LogP contribution is -2.37. The molecule has 0 saturated heterocycles. The number of nitrogens with one attached hydrogen (secondary N) is 1. The summed E-state index contributed by atoms with van der Waals surface area (Å²) in [5, 5.41) is 5.74. The van der Waals surface area contributed by atoms with Crippen molar-refractivity contribution >= 4 is 28.2 Å². The van der Waals surface area contributed by atoms with Gasteiger partial charge in [0.05, 0.1) is 12.0 Å². The molecule has 4 nitrogen and oxygen atoms in total. The highest BCUT2D eigenvalue weighted by atomic mass is 32.1. The van der Waals surface area contributed by atoms with Gasteiger partial charge in [0, 0.05) is 10.9 Å². The van der Waals surface area contributed by atoms with Gasteiger partial charge in [-0.15, -0.1) is 11.3 Å².